The number of nitrogens with zero attached hydrogens (tertiary/aromatic N) is 2. The summed E-state index contributed by atoms with van der Waals surface area (Å²) in [5.41, 5.74) is 0.621. The molecule has 1 saturated heterocycles. The fourth-order valence-electron chi connectivity index (χ4n) is 6.71. The predicted molar refractivity (Wildman–Crippen MR) is 220 cm³/mol. The van der Waals surface area contributed by atoms with Crippen molar-refractivity contribution >= 4 is 47.7 Å². The highest BCUT2D eigenvalue weighted by Crippen LogP contribution is 2.30. The third kappa shape index (κ3) is 13.8. The van der Waals surface area contributed by atoms with Crippen LogP contribution in [0.25, 0.3) is 11.3 Å². The van der Waals surface area contributed by atoms with Gasteiger partial charge < -0.3 is 57.4 Å². The van der Waals surface area contributed by atoms with Crippen LogP contribution in [-0.2, 0) is 24.0 Å². The van der Waals surface area contributed by atoms with Crippen LogP contribution >= 0.6 is 0 Å². The Hall–Kier alpha value is -6.54. The molecule has 0 unspecified atom stereocenters. The fourth-order valence-corrected chi connectivity index (χ4v) is 6.71. The molecule has 334 valence electrons. The molecule has 1 aliphatic heterocycles. The second-order valence-electron chi connectivity index (χ2n) is 13.8. The number of halogens is 1. The Morgan fingerprint density at radius 2 is 1.66 bits per heavy atom. The number of anilines is 1. The highest BCUT2D eigenvalue weighted by Gasteiger charge is 2.34. The van der Waals surface area contributed by atoms with E-state index >= 15 is 0 Å². The van der Waals surface area contributed by atoms with Gasteiger partial charge in [-0.05, 0) is 75.1 Å². The molecule has 4 rings (SSSR count). The van der Waals surface area contributed by atoms with Crippen molar-refractivity contribution in [1.82, 2.24) is 33.3 Å². The third-order valence-electron chi connectivity index (χ3n) is 9.72. The summed E-state index contributed by atoms with van der Waals surface area (Å²) in [6.07, 6.45) is 4.20. The molecule has 0 aliphatic carbocycles. The lowest BCUT2D eigenvalue weighted by molar-refractivity contribution is -0.171. The van der Waals surface area contributed by atoms with Gasteiger partial charge in [0.25, 0.3) is 11.8 Å². The summed E-state index contributed by atoms with van der Waals surface area (Å²) in [5.74, 6) is -7.26. The molecular weight excluding hydrogens is 801 g/mol. The number of aliphatic carboxylic acids is 2. The van der Waals surface area contributed by atoms with Crippen LogP contribution in [0.1, 0.15) is 103 Å². The van der Waals surface area contributed by atoms with E-state index in [9.17, 15) is 43.1 Å². The number of hydrogen-bond acceptors (Lipinski definition) is 13. The smallest absolute Gasteiger partial charge is 0.363 e. The number of benzene rings is 2. The highest BCUT2D eigenvalue weighted by molar-refractivity contribution is 6.00. The van der Waals surface area contributed by atoms with E-state index in [-0.39, 0.29) is 60.4 Å². The van der Waals surface area contributed by atoms with Crippen LogP contribution in [0, 0.1) is 11.7 Å². The first-order valence-electron chi connectivity index (χ1n) is 19.5. The Bertz CT molecular complexity index is 1990. The molecule has 4 amide bonds. The largest absolute Gasteiger partial charge is 0.493 e. The van der Waals surface area contributed by atoms with Crippen molar-refractivity contribution in [1.29, 1.82) is 0 Å². The first kappa shape index (κ1) is 50.6. The quantitative estimate of drug-likeness (QED) is 0.0283. The van der Waals surface area contributed by atoms with Crippen LogP contribution in [0.2, 0.25) is 0 Å². The fraction of sp³-hybridized carbons (Fsp3) is 0.439. The molecule has 20 heteroatoms. The van der Waals surface area contributed by atoms with E-state index < -0.39 is 65.9 Å². The summed E-state index contributed by atoms with van der Waals surface area (Å²) in [6.45, 7) is 6.61. The lowest BCUT2D eigenvalue weighted by Crippen LogP contribution is -2.49. The molecule has 1 aliphatic rings. The summed E-state index contributed by atoms with van der Waals surface area (Å²) in [6, 6.07) is 8.58. The van der Waals surface area contributed by atoms with Gasteiger partial charge >= 0.3 is 17.9 Å². The Morgan fingerprint density at radius 3 is 2.26 bits per heavy atom. The van der Waals surface area contributed by atoms with Crippen LogP contribution in [0.3, 0.4) is 0 Å². The Morgan fingerprint density at radius 1 is 0.934 bits per heavy atom. The van der Waals surface area contributed by atoms with E-state index in [0.717, 1.165) is 36.8 Å². The van der Waals surface area contributed by atoms with Crippen molar-refractivity contribution in [3.8, 4) is 17.1 Å². The maximum Gasteiger partial charge on any atom is 0.363 e. The lowest BCUT2D eigenvalue weighted by Gasteiger charge is -2.31. The van der Waals surface area contributed by atoms with Gasteiger partial charge in [-0.2, -0.15) is 5.06 Å². The molecule has 3 aromatic rings. The van der Waals surface area contributed by atoms with Crippen molar-refractivity contribution in [2.45, 2.75) is 84.2 Å². The molecule has 0 radical (unpaired) electrons. The molecule has 3 atom stereocenters. The molecule has 2 heterocycles. The van der Waals surface area contributed by atoms with Crippen LogP contribution in [-0.4, -0.2) is 95.8 Å². The van der Waals surface area contributed by atoms with Gasteiger partial charge in [0.1, 0.15) is 23.4 Å². The molecule has 0 spiro atoms. The van der Waals surface area contributed by atoms with E-state index in [0.29, 0.717) is 43.6 Å². The van der Waals surface area contributed by atoms with E-state index in [1.54, 1.807) is 13.8 Å². The van der Waals surface area contributed by atoms with Crippen molar-refractivity contribution < 1.29 is 62.2 Å². The minimum absolute atomic E-state index is 0. The molecule has 0 saturated carbocycles. The molecule has 11 N–H and O–H groups in total. The van der Waals surface area contributed by atoms with Crippen LogP contribution in [0.15, 0.2) is 52.9 Å². The molecule has 1 aromatic heterocycles. The van der Waals surface area contributed by atoms with Crippen molar-refractivity contribution in [2.24, 2.45) is 5.92 Å². The minimum atomic E-state index is -1.68. The zero-order valence-electron chi connectivity index (χ0n) is 34.6. The van der Waals surface area contributed by atoms with E-state index in [1.165, 1.54) is 42.5 Å². The summed E-state index contributed by atoms with van der Waals surface area (Å²) in [5, 5.41) is 26.5. The van der Waals surface area contributed by atoms with Crippen molar-refractivity contribution in [2.75, 3.05) is 31.3 Å². The monoisotopic (exact) mass is 857 g/mol. The van der Waals surface area contributed by atoms with E-state index in [1.807, 2.05) is 11.8 Å². The summed E-state index contributed by atoms with van der Waals surface area (Å²) in [7, 11) is 0. The van der Waals surface area contributed by atoms with Crippen LogP contribution in [0.5, 0.6) is 5.75 Å². The standard InChI is InChI=1S/C41H50FN5O12.2H3N/c1-4-7-8-11-27(31(5-2)47(24-48)59-41(56)26-13-15-32(29(42)20-26)46-18-9-10-19-46)37(51)43-23-44-39(53)34-17-16-33(58-34)25-12-14-28(35(21-25)57-6-3)38(52)45-30(40(54)55)22-36(49)50;;/h12-17,20-21,24,27,30-31H,4-11,18-19,22-23H2,1-3H3,(H,43,51)(H,44,53)(H,45,52)(H,49,50)(H,54,55);2*1H3/t27-,30+,31-;;/m1../s1. The number of carboxylic acids is 2. The Labute approximate surface area is 352 Å². The normalized spacial score (nSPS) is 13.3. The number of nitrogens with one attached hydrogen (secondary N) is 3. The summed E-state index contributed by atoms with van der Waals surface area (Å²) < 4.78 is 26.3. The van der Waals surface area contributed by atoms with Gasteiger partial charge in [-0.15, -0.1) is 0 Å². The van der Waals surface area contributed by atoms with Crippen molar-refractivity contribution in [3.63, 3.8) is 0 Å². The number of hydroxylamine groups is 2. The first-order valence-corrected chi connectivity index (χ1v) is 19.5. The number of furan rings is 1. The maximum atomic E-state index is 15.0. The third-order valence-corrected chi connectivity index (χ3v) is 9.72. The Balaban J connectivity index is 0.00000641. The van der Waals surface area contributed by atoms with Gasteiger partial charge in [0.2, 0.25) is 12.3 Å². The molecule has 0 bridgehead atoms. The average molecular weight is 858 g/mol. The topological polar surface area (TPSA) is 304 Å². The summed E-state index contributed by atoms with van der Waals surface area (Å²) in [4.78, 5) is 94.8. The van der Waals surface area contributed by atoms with Gasteiger partial charge in [0.05, 0.1) is 48.5 Å². The number of rotatable bonds is 23. The second-order valence-corrected chi connectivity index (χ2v) is 13.8. The number of carbonyl (C=O) groups is 7. The van der Waals surface area contributed by atoms with Gasteiger partial charge in [0, 0.05) is 18.7 Å². The molecule has 61 heavy (non-hydrogen) atoms. The summed E-state index contributed by atoms with van der Waals surface area (Å²) >= 11 is 0. The van der Waals surface area contributed by atoms with Crippen LogP contribution in [0.4, 0.5) is 10.1 Å². The number of carbonyl (C=O) groups excluding carboxylic acids is 5. The minimum Gasteiger partial charge on any atom is -0.493 e. The highest BCUT2D eigenvalue weighted by atomic mass is 19.1. The molecule has 19 nitrogen and oxygen atoms in total. The van der Waals surface area contributed by atoms with Gasteiger partial charge in [-0.1, -0.05) is 39.2 Å². The first-order chi connectivity index (χ1) is 28.3. The Kier molecular flexibility index (Phi) is 20.3. The van der Waals surface area contributed by atoms with Crippen LogP contribution < -0.4 is 37.9 Å². The second kappa shape index (κ2) is 24.5. The van der Waals surface area contributed by atoms with E-state index in [2.05, 4.69) is 16.0 Å². The number of carboxylic acid groups (broad SMARTS) is 2. The SMILES string of the molecule is CCCCC[C@@H](C(=O)NCNC(=O)c1ccc(-c2ccc(C(=O)N[C@@H](CC(=O)O)C(=O)O)c(OCC)c2)o1)[C@@H](CC)N(C=O)OC(=O)c1ccc(N2CCCC2)c(F)c1.N.N. The average Bonchev–Trinajstić information content (AvgIpc) is 3.93. The maximum absolute atomic E-state index is 15.0. The zero-order valence-corrected chi connectivity index (χ0v) is 34.6. The number of ether oxygens (including phenoxy) is 1. The van der Waals surface area contributed by atoms with E-state index in [4.69, 9.17) is 19.1 Å². The number of amides is 4. The molecule has 1 fully saturated rings. The molecule has 2 aromatic carbocycles. The van der Waals surface area contributed by atoms with Gasteiger partial charge in [-0.3, -0.25) is 24.0 Å². The van der Waals surface area contributed by atoms with Gasteiger partial charge in [-0.25, -0.2) is 14.0 Å². The van der Waals surface area contributed by atoms with Gasteiger partial charge in [0.15, 0.2) is 5.76 Å². The lowest BCUT2D eigenvalue weighted by atomic mass is 9.90. The zero-order chi connectivity index (χ0) is 43.1. The number of unbranched alkanes of at least 4 members (excludes halogenated alkanes) is 2. The molecular formula is C41H56FN7O12. The van der Waals surface area contributed by atoms with Crippen molar-refractivity contribution in [3.05, 3.63) is 71.2 Å². The number of hydrogen-bond donors (Lipinski definition) is 7. The predicted octanol–water partition coefficient (Wildman–Crippen LogP) is 5.08.